The Morgan fingerprint density at radius 3 is 1.96 bits per heavy atom. The Morgan fingerprint density at radius 1 is 0.963 bits per heavy atom. The molecule has 0 bridgehead atoms. The van der Waals surface area contributed by atoms with Gasteiger partial charge in [-0.1, -0.05) is 31.2 Å². The molecule has 27 heavy (non-hydrogen) atoms. The van der Waals surface area contributed by atoms with E-state index in [1.807, 2.05) is 6.92 Å². The first-order valence-corrected chi connectivity index (χ1v) is 8.91. The quantitative estimate of drug-likeness (QED) is 0.564. The first-order chi connectivity index (χ1) is 13.1. The average molecular weight is 372 g/mol. The van der Waals surface area contributed by atoms with Crippen LogP contribution in [-0.4, -0.2) is 33.4 Å². The smallest absolute Gasteiger partial charge is 0.157 e. The fraction of sp³-hybridized carbons (Fsp3) is 0.350. The number of aromatic nitrogens is 4. The van der Waals surface area contributed by atoms with Crippen molar-refractivity contribution in [3.63, 3.8) is 0 Å². The van der Waals surface area contributed by atoms with Crippen molar-refractivity contribution in [2.45, 2.75) is 25.2 Å². The lowest BCUT2D eigenvalue weighted by Gasteiger charge is -2.27. The lowest BCUT2D eigenvalue weighted by molar-refractivity contribution is 0.113. The predicted molar refractivity (Wildman–Crippen MR) is 97.3 cm³/mol. The summed E-state index contributed by atoms with van der Waals surface area (Å²) < 4.78 is 34.4. The highest BCUT2D eigenvalue weighted by Gasteiger charge is 2.31. The van der Waals surface area contributed by atoms with E-state index in [1.165, 1.54) is 24.3 Å². The number of halogens is 2. The normalized spacial score (nSPS) is 12.5. The van der Waals surface area contributed by atoms with Gasteiger partial charge in [0.25, 0.3) is 0 Å². The Hall–Kier alpha value is -2.67. The zero-order valence-corrected chi connectivity index (χ0v) is 15.3. The van der Waals surface area contributed by atoms with Crippen molar-refractivity contribution in [1.82, 2.24) is 20.2 Å². The van der Waals surface area contributed by atoms with Gasteiger partial charge in [0.2, 0.25) is 0 Å². The molecule has 0 N–H and O–H groups in total. The van der Waals surface area contributed by atoms with E-state index >= 15 is 0 Å². The van der Waals surface area contributed by atoms with Crippen LogP contribution < -0.4 is 0 Å². The Kier molecular flexibility index (Phi) is 6.24. The van der Waals surface area contributed by atoms with Crippen LogP contribution in [0.4, 0.5) is 8.78 Å². The second kappa shape index (κ2) is 8.81. The van der Waals surface area contributed by atoms with Gasteiger partial charge < -0.3 is 4.74 Å². The molecule has 0 saturated carbocycles. The minimum Gasteiger partial charge on any atom is -0.381 e. The lowest BCUT2D eigenvalue weighted by atomic mass is 9.80. The summed E-state index contributed by atoms with van der Waals surface area (Å²) >= 11 is 0. The number of rotatable bonds is 8. The monoisotopic (exact) mass is 372 g/mol. The molecule has 0 radical (unpaired) electrons. The fourth-order valence-electron chi connectivity index (χ4n) is 3.22. The molecule has 0 aliphatic carbocycles. The van der Waals surface area contributed by atoms with Crippen molar-refractivity contribution in [2.75, 3.05) is 13.2 Å². The van der Waals surface area contributed by atoms with Crippen LogP contribution in [-0.2, 0) is 11.8 Å². The van der Waals surface area contributed by atoms with Crippen molar-refractivity contribution in [3.05, 3.63) is 77.1 Å². The van der Waals surface area contributed by atoms with Gasteiger partial charge in [0.1, 0.15) is 11.6 Å². The van der Waals surface area contributed by atoms with Gasteiger partial charge in [0, 0.05) is 19.6 Å². The van der Waals surface area contributed by atoms with Gasteiger partial charge in [0.15, 0.2) is 5.82 Å². The van der Waals surface area contributed by atoms with Crippen LogP contribution in [0.5, 0.6) is 0 Å². The minimum absolute atomic E-state index is 0.215. The maximum atomic E-state index is 13.5. The molecule has 7 heteroatoms. The van der Waals surface area contributed by atoms with Crippen LogP contribution in [0.3, 0.4) is 0 Å². The van der Waals surface area contributed by atoms with Crippen LogP contribution in [0.15, 0.2) is 48.5 Å². The van der Waals surface area contributed by atoms with E-state index in [2.05, 4.69) is 15.5 Å². The van der Waals surface area contributed by atoms with Crippen LogP contribution in [0.1, 0.15) is 42.1 Å². The summed E-state index contributed by atoms with van der Waals surface area (Å²) in [5.41, 5.74) is 1.77. The molecule has 1 aromatic heterocycles. The maximum absolute atomic E-state index is 13.5. The number of hydrogen-bond acceptors (Lipinski definition) is 4. The lowest BCUT2D eigenvalue weighted by Crippen LogP contribution is -2.22. The third-order valence-corrected chi connectivity index (χ3v) is 4.49. The molecule has 142 valence electrons. The molecular weight excluding hydrogens is 350 g/mol. The van der Waals surface area contributed by atoms with Crippen LogP contribution >= 0.6 is 0 Å². The molecule has 0 spiro atoms. The highest BCUT2D eigenvalue weighted by molar-refractivity contribution is 5.36. The van der Waals surface area contributed by atoms with Gasteiger partial charge in [-0.15, -0.1) is 5.10 Å². The molecule has 5 nitrogen and oxygen atoms in total. The molecule has 1 unspecified atom stereocenters. The largest absolute Gasteiger partial charge is 0.381 e. The second-order valence-corrected chi connectivity index (χ2v) is 6.42. The van der Waals surface area contributed by atoms with Crippen LogP contribution in [0, 0.1) is 11.6 Å². The summed E-state index contributed by atoms with van der Waals surface area (Å²) in [5.74, 6) is -0.392. The number of aryl methyl sites for hydroxylation is 1. The highest BCUT2D eigenvalue weighted by atomic mass is 19.1. The van der Waals surface area contributed by atoms with E-state index < -0.39 is 0 Å². The van der Waals surface area contributed by atoms with Crippen molar-refractivity contribution in [1.29, 1.82) is 0 Å². The first kappa shape index (κ1) is 19.1. The molecular formula is C20H22F2N4O. The molecule has 0 aliphatic heterocycles. The Bertz CT molecular complexity index is 804. The molecule has 0 saturated heterocycles. The molecule has 0 fully saturated rings. The van der Waals surface area contributed by atoms with Crippen LogP contribution in [0.2, 0.25) is 0 Å². The van der Waals surface area contributed by atoms with Gasteiger partial charge in [-0.3, -0.25) is 0 Å². The number of hydrogen-bond donors (Lipinski definition) is 0. The SMILES string of the molecule is CCCOCC(c1nnnn1C)C(c1ccc(F)cc1)c1ccc(F)cc1. The van der Waals surface area contributed by atoms with Crippen molar-refractivity contribution < 1.29 is 13.5 Å². The number of ether oxygens (including phenoxy) is 1. The molecule has 2 aromatic carbocycles. The zero-order chi connectivity index (χ0) is 19.2. The van der Waals surface area contributed by atoms with Gasteiger partial charge in [-0.05, 0) is 52.2 Å². The second-order valence-electron chi connectivity index (χ2n) is 6.42. The molecule has 3 aromatic rings. The molecule has 0 amide bonds. The van der Waals surface area contributed by atoms with Gasteiger partial charge in [0.05, 0.1) is 12.5 Å². The fourth-order valence-corrected chi connectivity index (χ4v) is 3.22. The van der Waals surface area contributed by atoms with E-state index in [4.69, 9.17) is 4.74 Å². The third kappa shape index (κ3) is 4.54. The standard InChI is InChI=1S/C20H22F2N4O/c1-3-12-27-13-18(20-23-24-25-26(20)2)19(14-4-8-16(21)9-5-14)15-6-10-17(22)11-7-15/h4-11,18-19H,3,12-13H2,1-2H3. The molecule has 0 aliphatic rings. The highest BCUT2D eigenvalue weighted by Crippen LogP contribution is 2.38. The van der Waals surface area contributed by atoms with E-state index in [0.717, 1.165) is 17.5 Å². The first-order valence-electron chi connectivity index (χ1n) is 8.91. The molecule has 1 heterocycles. The summed E-state index contributed by atoms with van der Waals surface area (Å²) in [4.78, 5) is 0. The van der Waals surface area contributed by atoms with Gasteiger partial charge >= 0.3 is 0 Å². The van der Waals surface area contributed by atoms with Crippen molar-refractivity contribution in [3.8, 4) is 0 Å². The number of tetrazole rings is 1. The maximum Gasteiger partial charge on any atom is 0.157 e. The Labute approximate surface area is 157 Å². The summed E-state index contributed by atoms with van der Waals surface area (Å²) in [6.45, 7) is 3.04. The summed E-state index contributed by atoms with van der Waals surface area (Å²) in [6, 6.07) is 12.6. The van der Waals surface area contributed by atoms with Gasteiger partial charge in [-0.2, -0.15) is 0 Å². The average Bonchev–Trinajstić information content (AvgIpc) is 3.09. The van der Waals surface area contributed by atoms with Gasteiger partial charge in [-0.25, -0.2) is 13.5 Å². The number of benzene rings is 2. The topological polar surface area (TPSA) is 52.8 Å². The van der Waals surface area contributed by atoms with E-state index in [0.29, 0.717) is 19.0 Å². The third-order valence-electron chi connectivity index (χ3n) is 4.49. The Balaban J connectivity index is 2.07. The van der Waals surface area contributed by atoms with E-state index in [9.17, 15) is 8.78 Å². The molecule has 1 atom stereocenters. The zero-order valence-electron chi connectivity index (χ0n) is 15.3. The minimum atomic E-state index is -0.310. The summed E-state index contributed by atoms with van der Waals surface area (Å²) in [6.07, 6.45) is 0.890. The molecule has 3 rings (SSSR count). The number of nitrogens with zero attached hydrogens (tertiary/aromatic N) is 4. The van der Waals surface area contributed by atoms with E-state index in [1.54, 1.807) is 36.0 Å². The summed E-state index contributed by atoms with van der Waals surface area (Å²) in [7, 11) is 1.77. The van der Waals surface area contributed by atoms with E-state index in [-0.39, 0.29) is 23.5 Å². The van der Waals surface area contributed by atoms with Crippen molar-refractivity contribution >= 4 is 0 Å². The van der Waals surface area contributed by atoms with Crippen LogP contribution in [0.25, 0.3) is 0 Å². The Morgan fingerprint density at radius 2 is 1.52 bits per heavy atom. The summed E-state index contributed by atoms with van der Waals surface area (Å²) in [5, 5.41) is 11.9. The predicted octanol–water partition coefficient (Wildman–Crippen LogP) is 3.83. The van der Waals surface area contributed by atoms with Crippen molar-refractivity contribution in [2.24, 2.45) is 7.05 Å².